The van der Waals surface area contributed by atoms with Crippen molar-refractivity contribution in [1.29, 1.82) is 0 Å². The lowest BCUT2D eigenvalue weighted by Crippen LogP contribution is -2.31. The van der Waals surface area contributed by atoms with Gasteiger partial charge in [0.15, 0.2) is 0 Å². The van der Waals surface area contributed by atoms with Gasteiger partial charge in [-0.1, -0.05) is 30.3 Å². The first kappa shape index (κ1) is 14.3. The van der Waals surface area contributed by atoms with Gasteiger partial charge in [-0.3, -0.25) is 4.79 Å². The number of carbonyl (C=O) groups is 1. The molecule has 1 aromatic heterocycles. The number of aromatic amines is 1. The Hall–Kier alpha value is -2.14. The van der Waals surface area contributed by atoms with Crippen LogP contribution in [-0.2, 0) is 0 Å². The van der Waals surface area contributed by atoms with Crippen molar-refractivity contribution >= 4 is 5.91 Å². The summed E-state index contributed by atoms with van der Waals surface area (Å²) in [5.41, 5.74) is 1.60. The van der Waals surface area contributed by atoms with Crippen LogP contribution in [0.2, 0.25) is 0 Å². The van der Waals surface area contributed by atoms with Gasteiger partial charge in [-0.15, -0.1) is 0 Å². The fraction of sp³-hybridized carbons (Fsp3) is 0.333. The summed E-state index contributed by atoms with van der Waals surface area (Å²) in [5.74, 6) is -0.130. The van der Waals surface area contributed by atoms with Crippen molar-refractivity contribution in [3.63, 3.8) is 0 Å². The number of hydrogen-bond acceptors (Lipinski definition) is 3. The minimum atomic E-state index is -0.130. The van der Waals surface area contributed by atoms with Crippen molar-refractivity contribution in [2.45, 2.75) is 12.5 Å². The molecule has 2 aromatic rings. The lowest BCUT2D eigenvalue weighted by atomic mass is 10.0. The predicted molar refractivity (Wildman–Crippen MR) is 78.4 cm³/mol. The first-order chi connectivity index (χ1) is 9.66. The van der Waals surface area contributed by atoms with Crippen molar-refractivity contribution < 1.29 is 4.79 Å². The van der Waals surface area contributed by atoms with Gasteiger partial charge in [0.1, 0.15) is 5.69 Å². The van der Waals surface area contributed by atoms with Crippen molar-refractivity contribution in [3.8, 4) is 0 Å². The molecule has 0 saturated carbocycles. The molecule has 1 amide bonds. The van der Waals surface area contributed by atoms with E-state index in [1.165, 1.54) is 12.5 Å². The third-order valence-electron chi connectivity index (χ3n) is 3.12. The molecule has 1 heterocycles. The van der Waals surface area contributed by atoms with Crippen molar-refractivity contribution in [3.05, 3.63) is 54.1 Å². The quantitative estimate of drug-likeness (QED) is 0.843. The average Bonchev–Trinajstić information content (AvgIpc) is 2.98. The van der Waals surface area contributed by atoms with E-state index < -0.39 is 0 Å². The van der Waals surface area contributed by atoms with Crippen LogP contribution in [0.1, 0.15) is 28.5 Å². The van der Waals surface area contributed by atoms with E-state index in [1.807, 2.05) is 44.4 Å². The maximum absolute atomic E-state index is 12.1. The highest BCUT2D eigenvalue weighted by Crippen LogP contribution is 2.17. The molecule has 0 spiro atoms. The molecule has 0 radical (unpaired) electrons. The zero-order chi connectivity index (χ0) is 14.4. The van der Waals surface area contributed by atoms with Crippen LogP contribution < -0.4 is 5.32 Å². The van der Waals surface area contributed by atoms with Gasteiger partial charge in [0, 0.05) is 0 Å². The molecule has 0 aliphatic rings. The second-order valence-electron chi connectivity index (χ2n) is 4.99. The highest BCUT2D eigenvalue weighted by atomic mass is 16.1. The molecule has 0 aliphatic heterocycles. The standard InChI is InChI=1S/C15H20N4O/c1-19(2)9-8-13(12-6-4-3-5-7-12)18-15(20)14-10-16-11-17-14/h3-7,10-11,13H,8-9H2,1-2H3,(H,16,17)(H,18,20)/t13-/m0/s1. The van der Waals surface area contributed by atoms with Crippen LogP contribution >= 0.6 is 0 Å². The Balaban J connectivity index is 2.08. The highest BCUT2D eigenvalue weighted by molar-refractivity contribution is 5.92. The molecule has 1 aromatic carbocycles. The van der Waals surface area contributed by atoms with Gasteiger partial charge < -0.3 is 15.2 Å². The summed E-state index contributed by atoms with van der Waals surface area (Å²) in [7, 11) is 4.05. The predicted octanol–water partition coefficient (Wildman–Crippen LogP) is 1.83. The van der Waals surface area contributed by atoms with Gasteiger partial charge >= 0.3 is 0 Å². The molecule has 2 rings (SSSR count). The Morgan fingerprint density at radius 1 is 1.35 bits per heavy atom. The van der Waals surface area contributed by atoms with Crippen molar-refractivity contribution in [2.24, 2.45) is 0 Å². The molecule has 0 saturated heterocycles. The minimum Gasteiger partial charge on any atom is -0.344 e. The van der Waals surface area contributed by atoms with E-state index in [1.54, 1.807) is 0 Å². The Morgan fingerprint density at radius 2 is 2.10 bits per heavy atom. The van der Waals surface area contributed by atoms with Crippen LogP contribution in [0, 0.1) is 0 Å². The average molecular weight is 272 g/mol. The SMILES string of the molecule is CN(C)CC[C@H](NC(=O)c1cnc[nH]1)c1ccccc1. The number of aromatic nitrogens is 2. The Bertz CT molecular complexity index is 522. The van der Waals surface area contributed by atoms with E-state index in [-0.39, 0.29) is 11.9 Å². The van der Waals surface area contributed by atoms with Crippen LogP contribution in [0.3, 0.4) is 0 Å². The number of nitrogens with zero attached hydrogens (tertiary/aromatic N) is 2. The summed E-state index contributed by atoms with van der Waals surface area (Å²) < 4.78 is 0. The van der Waals surface area contributed by atoms with E-state index in [0.29, 0.717) is 5.69 Å². The Morgan fingerprint density at radius 3 is 2.70 bits per heavy atom. The van der Waals surface area contributed by atoms with E-state index in [2.05, 4.69) is 20.2 Å². The molecular weight excluding hydrogens is 252 g/mol. The molecule has 0 bridgehead atoms. The highest BCUT2D eigenvalue weighted by Gasteiger charge is 2.16. The summed E-state index contributed by atoms with van der Waals surface area (Å²) in [6.45, 7) is 0.906. The van der Waals surface area contributed by atoms with Crippen molar-refractivity contribution in [2.75, 3.05) is 20.6 Å². The minimum absolute atomic E-state index is 0.00519. The normalized spacial score (nSPS) is 12.3. The van der Waals surface area contributed by atoms with Crippen LogP contribution in [0.4, 0.5) is 0 Å². The molecule has 0 unspecified atom stereocenters. The molecular formula is C15H20N4O. The molecule has 1 atom stereocenters. The molecule has 20 heavy (non-hydrogen) atoms. The van der Waals surface area contributed by atoms with Gasteiger partial charge in [0.25, 0.3) is 5.91 Å². The summed E-state index contributed by atoms with van der Waals surface area (Å²) in [4.78, 5) is 20.9. The van der Waals surface area contributed by atoms with E-state index in [4.69, 9.17) is 0 Å². The number of amides is 1. The fourth-order valence-electron chi connectivity index (χ4n) is 2.01. The van der Waals surface area contributed by atoms with Crippen LogP contribution in [0.25, 0.3) is 0 Å². The lowest BCUT2D eigenvalue weighted by Gasteiger charge is -2.21. The van der Waals surface area contributed by atoms with E-state index in [0.717, 1.165) is 18.5 Å². The second kappa shape index (κ2) is 6.86. The molecule has 2 N–H and O–H groups in total. The first-order valence-electron chi connectivity index (χ1n) is 6.65. The number of imidazole rings is 1. The van der Waals surface area contributed by atoms with E-state index in [9.17, 15) is 4.79 Å². The third-order valence-corrected chi connectivity index (χ3v) is 3.12. The number of H-pyrrole nitrogens is 1. The maximum Gasteiger partial charge on any atom is 0.269 e. The zero-order valence-electron chi connectivity index (χ0n) is 11.8. The number of hydrogen-bond donors (Lipinski definition) is 2. The fourth-order valence-corrected chi connectivity index (χ4v) is 2.01. The van der Waals surface area contributed by atoms with E-state index >= 15 is 0 Å². The number of rotatable bonds is 6. The lowest BCUT2D eigenvalue weighted by molar-refractivity contribution is 0.0928. The summed E-state index contributed by atoms with van der Waals surface area (Å²) in [6.07, 6.45) is 3.90. The van der Waals surface area contributed by atoms with Gasteiger partial charge in [0.05, 0.1) is 18.6 Å². The molecule has 5 heteroatoms. The van der Waals surface area contributed by atoms with Crippen LogP contribution in [0.15, 0.2) is 42.9 Å². The van der Waals surface area contributed by atoms with Gasteiger partial charge in [-0.2, -0.15) is 0 Å². The number of nitrogens with one attached hydrogen (secondary N) is 2. The van der Waals surface area contributed by atoms with Crippen LogP contribution in [-0.4, -0.2) is 41.4 Å². The summed E-state index contributed by atoms with van der Waals surface area (Å²) in [5, 5.41) is 3.05. The zero-order valence-corrected chi connectivity index (χ0v) is 11.8. The summed E-state index contributed by atoms with van der Waals surface area (Å²) >= 11 is 0. The molecule has 0 aliphatic carbocycles. The number of benzene rings is 1. The Kier molecular flexibility index (Phi) is 4.90. The number of carbonyl (C=O) groups excluding carboxylic acids is 1. The first-order valence-corrected chi connectivity index (χ1v) is 6.65. The smallest absolute Gasteiger partial charge is 0.269 e. The van der Waals surface area contributed by atoms with Gasteiger partial charge in [-0.05, 0) is 32.6 Å². The second-order valence-corrected chi connectivity index (χ2v) is 4.99. The largest absolute Gasteiger partial charge is 0.344 e. The van der Waals surface area contributed by atoms with Crippen LogP contribution in [0.5, 0.6) is 0 Å². The molecule has 5 nitrogen and oxygen atoms in total. The topological polar surface area (TPSA) is 61.0 Å². The van der Waals surface area contributed by atoms with Crippen molar-refractivity contribution in [1.82, 2.24) is 20.2 Å². The maximum atomic E-state index is 12.1. The molecule has 106 valence electrons. The molecule has 0 fully saturated rings. The Labute approximate surface area is 119 Å². The van der Waals surface area contributed by atoms with Gasteiger partial charge in [-0.25, -0.2) is 4.98 Å². The van der Waals surface area contributed by atoms with Gasteiger partial charge in [0.2, 0.25) is 0 Å². The third kappa shape index (κ3) is 3.93. The monoisotopic (exact) mass is 272 g/mol. The summed E-state index contributed by atoms with van der Waals surface area (Å²) in [6, 6.07) is 10.0.